The van der Waals surface area contributed by atoms with Crippen molar-refractivity contribution in [2.45, 2.75) is 38.6 Å². The number of pyridine rings is 1. The van der Waals surface area contributed by atoms with Gasteiger partial charge in [-0.3, -0.25) is 4.90 Å². The largest absolute Gasteiger partial charge is 0.478 e. The molecule has 1 aliphatic carbocycles. The van der Waals surface area contributed by atoms with Gasteiger partial charge >= 0.3 is 5.97 Å². The van der Waals surface area contributed by atoms with Gasteiger partial charge in [-0.25, -0.2) is 9.78 Å². The fourth-order valence-corrected chi connectivity index (χ4v) is 3.28. The Kier molecular flexibility index (Phi) is 3.40. The van der Waals surface area contributed by atoms with Crippen molar-refractivity contribution in [1.82, 2.24) is 9.88 Å². The maximum Gasteiger partial charge on any atom is 0.339 e. The van der Waals surface area contributed by atoms with Crippen molar-refractivity contribution in [3.8, 4) is 0 Å². The predicted octanol–water partition coefficient (Wildman–Crippen LogP) is 1.80. The van der Waals surface area contributed by atoms with Crippen LogP contribution in [-0.4, -0.2) is 53.2 Å². The van der Waals surface area contributed by atoms with Crippen LogP contribution in [-0.2, 0) is 12.8 Å². The Bertz CT molecular complexity index is 583. The second-order valence-electron chi connectivity index (χ2n) is 6.78. The minimum absolute atomic E-state index is 0.0225. The van der Waals surface area contributed by atoms with Gasteiger partial charge in [0.25, 0.3) is 0 Å². The second-order valence-corrected chi connectivity index (χ2v) is 6.78. The molecule has 1 fully saturated rings. The molecule has 5 nitrogen and oxygen atoms in total. The van der Waals surface area contributed by atoms with E-state index in [4.69, 9.17) is 4.98 Å². The Morgan fingerprint density at radius 1 is 1.33 bits per heavy atom. The fraction of sp³-hybridized carbons (Fsp3) is 0.625. The first kappa shape index (κ1) is 14.3. The van der Waals surface area contributed by atoms with Gasteiger partial charge < -0.3 is 10.0 Å². The molecule has 5 heteroatoms. The molecule has 1 aliphatic heterocycles. The van der Waals surface area contributed by atoms with E-state index < -0.39 is 5.97 Å². The van der Waals surface area contributed by atoms with Crippen molar-refractivity contribution >= 4 is 11.8 Å². The summed E-state index contributed by atoms with van der Waals surface area (Å²) in [6.07, 6.45) is 3.01. The number of aromatic nitrogens is 1. The molecule has 3 rings (SSSR count). The SMILES string of the molecule is CN1CCN(c2nc3c(cc2C(=O)O)CCC3)CC1(C)C. The lowest BCUT2D eigenvalue weighted by molar-refractivity contribution is 0.0696. The van der Waals surface area contributed by atoms with Crippen molar-refractivity contribution in [1.29, 1.82) is 0 Å². The maximum atomic E-state index is 11.6. The highest BCUT2D eigenvalue weighted by Crippen LogP contribution is 2.30. The van der Waals surface area contributed by atoms with E-state index in [-0.39, 0.29) is 5.54 Å². The van der Waals surface area contributed by atoms with Crippen LogP contribution in [0.1, 0.15) is 41.9 Å². The van der Waals surface area contributed by atoms with Crippen LogP contribution in [0.3, 0.4) is 0 Å². The number of nitrogens with zero attached hydrogens (tertiary/aromatic N) is 3. The molecule has 1 N–H and O–H groups in total. The number of aromatic carboxylic acids is 1. The van der Waals surface area contributed by atoms with E-state index in [2.05, 4.69) is 30.7 Å². The van der Waals surface area contributed by atoms with Gasteiger partial charge in [0.1, 0.15) is 11.4 Å². The molecule has 0 saturated carbocycles. The molecule has 0 radical (unpaired) electrons. The third kappa shape index (κ3) is 2.50. The average Bonchev–Trinajstić information content (AvgIpc) is 2.87. The van der Waals surface area contributed by atoms with Crippen LogP contribution >= 0.6 is 0 Å². The third-order valence-corrected chi connectivity index (χ3v) is 4.88. The number of carbonyl (C=O) groups is 1. The number of anilines is 1. The van der Waals surface area contributed by atoms with Gasteiger partial charge in [-0.15, -0.1) is 0 Å². The molecule has 1 saturated heterocycles. The number of piperazine rings is 1. The lowest BCUT2D eigenvalue weighted by Gasteiger charge is -2.46. The van der Waals surface area contributed by atoms with Crippen molar-refractivity contribution in [3.63, 3.8) is 0 Å². The van der Waals surface area contributed by atoms with Gasteiger partial charge in [-0.1, -0.05) is 0 Å². The van der Waals surface area contributed by atoms with E-state index in [1.54, 1.807) is 0 Å². The average molecular weight is 289 g/mol. The topological polar surface area (TPSA) is 56.7 Å². The fourth-order valence-electron chi connectivity index (χ4n) is 3.28. The van der Waals surface area contributed by atoms with E-state index in [1.165, 1.54) is 0 Å². The molecule has 0 unspecified atom stereocenters. The summed E-state index contributed by atoms with van der Waals surface area (Å²) in [4.78, 5) is 20.8. The number of aryl methyl sites for hydroxylation is 2. The highest BCUT2D eigenvalue weighted by Gasteiger charge is 2.34. The molecule has 0 aromatic carbocycles. The molecular weight excluding hydrogens is 266 g/mol. The Labute approximate surface area is 125 Å². The number of hydrogen-bond donors (Lipinski definition) is 1. The minimum atomic E-state index is -0.871. The molecule has 2 heterocycles. The number of rotatable bonds is 2. The Morgan fingerprint density at radius 3 is 2.76 bits per heavy atom. The van der Waals surface area contributed by atoms with Crippen molar-refractivity contribution in [2.75, 3.05) is 31.6 Å². The number of hydrogen-bond acceptors (Lipinski definition) is 4. The summed E-state index contributed by atoms with van der Waals surface area (Å²) in [6.45, 7) is 6.92. The minimum Gasteiger partial charge on any atom is -0.478 e. The van der Waals surface area contributed by atoms with Gasteiger partial charge in [-0.05, 0) is 51.8 Å². The summed E-state index contributed by atoms with van der Waals surface area (Å²) >= 11 is 0. The number of carboxylic acid groups (broad SMARTS) is 1. The van der Waals surface area contributed by atoms with Crippen LogP contribution in [0.2, 0.25) is 0 Å². The monoisotopic (exact) mass is 289 g/mol. The van der Waals surface area contributed by atoms with Gasteiger partial charge in [0.15, 0.2) is 0 Å². The molecular formula is C16H23N3O2. The Balaban J connectivity index is 2.00. The summed E-state index contributed by atoms with van der Waals surface area (Å²) in [5.74, 6) is -0.215. The zero-order valence-electron chi connectivity index (χ0n) is 13.0. The van der Waals surface area contributed by atoms with Crippen molar-refractivity contribution in [3.05, 3.63) is 22.9 Å². The zero-order chi connectivity index (χ0) is 15.2. The molecule has 0 bridgehead atoms. The lowest BCUT2D eigenvalue weighted by Crippen LogP contribution is -2.58. The Hall–Kier alpha value is -1.62. The first-order valence-electron chi connectivity index (χ1n) is 7.61. The van der Waals surface area contributed by atoms with Gasteiger partial charge in [-0.2, -0.15) is 0 Å². The molecule has 114 valence electrons. The molecule has 0 amide bonds. The summed E-state index contributed by atoms with van der Waals surface area (Å²) < 4.78 is 0. The summed E-state index contributed by atoms with van der Waals surface area (Å²) in [6, 6.07) is 1.85. The van der Waals surface area contributed by atoms with E-state index >= 15 is 0 Å². The lowest BCUT2D eigenvalue weighted by atomic mass is 9.99. The molecule has 21 heavy (non-hydrogen) atoms. The number of carboxylic acids is 1. The quantitative estimate of drug-likeness (QED) is 0.899. The summed E-state index contributed by atoms with van der Waals surface area (Å²) in [7, 11) is 2.12. The predicted molar refractivity (Wildman–Crippen MR) is 82.1 cm³/mol. The van der Waals surface area contributed by atoms with E-state index in [1.807, 2.05) is 6.07 Å². The number of likely N-dealkylation sites (N-methyl/N-ethyl adjacent to an activating group) is 1. The van der Waals surface area contributed by atoms with Crippen LogP contribution in [0.15, 0.2) is 6.07 Å². The highest BCUT2D eigenvalue weighted by molar-refractivity contribution is 5.93. The van der Waals surface area contributed by atoms with Gasteiger partial charge in [0.05, 0.1) is 0 Å². The van der Waals surface area contributed by atoms with Gasteiger partial charge in [0, 0.05) is 30.9 Å². The standard InChI is InChI=1S/C16H23N3O2/c1-16(2)10-19(8-7-18(16)3)14-12(15(20)21)9-11-5-4-6-13(11)17-14/h9H,4-8,10H2,1-3H3,(H,20,21). The molecule has 2 aliphatic rings. The molecule has 1 aromatic rings. The Morgan fingerprint density at radius 2 is 2.10 bits per heavy atom. The maximum absolute atomic E-state index is 11.6. The van der Waals surface area contributed by atoms with Crippen LogP contribution in [0, 0.1) is 0 Å². The smallest absolute Gasteiger partial charge is 0.339 e. The van der Waals surface area contributed by atoms with Crippen LogP contribution in [0.25, 0.3) is 0 Å². The van der Waals surface area contributed by atoms with Crippen molar-refractivity contribution < 1.29 is 9.90 Å². The zero-order valence-corrected chi connectivity index (χ0v) is 13.0. The third-order valence-electron chi connectivity index (χ3n) is 4.88. The normalized spacial score (nSPS) is 21.4. The first-order chi connectivity index (χ1) is 9.88. The van der Waals surface area contributed by atoms with E-state index in [9.17, 15) is 9.90 Å². The molecule has 0 atom stereocenters. The summed E-state index contributed by atoms with van der Waals surface area (Å²) in [5.41, 5.74) is 2.58. The van der Waals surface area contributed by atoms with Crippen molar-refractivity contribution in [2.24, 2.45) is 0 Å². The highest BCUT2D eigenvalue weighted by atomic mass is 16.4. The summed E-state index contributed by atoms with van der Waals surface area (Å²) in [5, 5.41) is 9.53. The van der Waals surface area contributed by atoms with E-state index in [0.717, 1.165) is 50.2 Å². The molecule has 1 aromatic heterocycles. The first-order valence-corrected chi connectivity index (χ1v) is 7.61. The van der Waals surface area contributed by atoms with Crippen LogP contribution in [0.4, 0.5) is 5.82 Å². The number of fused-ring (bicyclic) bond motifs is 1. The van der Waals surface area contributed by atoms with Crippen LogP contribution < -0.4 is 4.90 Å². The van der Waals surface area contributed by atoms with E-state index in [0.29, 0.717) is 11.4 Å². The molecule has 0 spiro atoms. The second kappa shape index (κ2) is 4.98. The van der Waals surface area contributed by atoms with Gasteiger partial charge in [0.2, 0.25) is 0 Å². The van der Waals surface area contributed by atoms with Crippen LogP contribution in [0.5, 0.6) is 0 Å².